The lowest BCUT2D eigenvalue weighted by Crippen LogP contribution is -2.11. The highest BCUT2D eigenvalue weighted by molar-refractivity contribution is 14.1. The molecule has 2 rings (SSSR count). The second-order valence-corrected chi connectivity index (χ2v) is 8.18. The van der Waals surface area contributed by atoms with E-state index < -0.39 is 0 Å². The van der Waals surface area contributed by atoms with E-state index >= 15 is 0 Å². The van der Waals surface area contributed by atoms with Crippen LogP contribution in [0.15, 0.2) is 12.1 Å². The van der Waals surface area contributed by atoms with Crippen molar-refractivity contribution in [2.75, 3.05) is 17.6 Å². The summed E-state index contributed by atoms with van der Waals surface area (Å²) in [7, 11) is 0. The van der Waals surface area contributed by atoms with Gasteiger partial charge in [0.05, 0.1) is 13.2 Å². The first-order valence-electron chi connectivity index (χ1n) is 9.81. The average Bonchev–Trinajstić information content (AvgIpc) is 2.64. The summed E-state index contributed by atoms with van der Waals surface area (Å²) in [4.78, 5) is 0. The van der Waals surface area contributed by atoms with Crippen LogP contribution in [0.5, 0.6) is 11.5 Å². The van der Waals surface area contributed by atoms with Crippen LogP contribution in [0.4, 0.5) is 0 Å². The monoisotopic (exact) mass is 480 g/mol. The van der Waals surface area contributed by atoms with E-state index in [1.807, 2.05) is 13.8 Å². The molecule has 0 aliphatic rings. The molecule has 0 heterocycles. The molecule has 2 aromatic rings. The summed E-state index contributed by atoms with van der Waals surface area (Å²) in [5, 5.41) is 0. The zero-order valence-corrected chi connectivity index (χ0v) is 20.2. The van der Waals surface area contributed by atoms with Crippen LogP contribution in [0.25, 0.3) is 0 Å². The second-order valence-electron chi connectivity index (χ2n) is 7.30. The molecule has 2 aromatic carbocycles. The molecule has 0 amide bonds. The Morgan fingerprint density at radius 1 is 0.704 bits per heavy atom. The summed E-state index contributed by atoms with van der Waals surface area (Å²) in [5.41, 5.74) is 10.5. The average molecular weight is 480 g/mol. The van der Waals surface area contributed by atoms with E-state index in [1.165, 1.54) is 44.5 Å². The van der Waals surface area contributed by atoms with Crippen LogP contribution in [0.2, 0.25) is 0 Å². The van der Waals surface area contributed by atoms with Crippen molar-refractivity contribution in [1.29, 1.82) is 0 Å². The number of halogens is 1. The second kappa shape index (κ2) is 9.31. The Morgan fingerprint density at radius 3 is 1.37 bits per heavy atom. The van der Waals surface area contributed by atoms with Crippen LogP contribution in [0, 0.1) is 41.5 Å². The molecule has 0 bridgehead atoms. The molecular weight excluding hydrogens is 447 g/mol. The highest BCUT2D eigenvalue weighted by atomic mass is 127. The van der Waals surface area contributed by atoms with Gasteiger partial charge in [-0.2, -0.15) is 0 Å². The van der Waals surface area contributed by atoms with Gasteiger partial charge in [0.2, 0.25) is 0 Å². The highest BCUT2D eigenvalue weighted by Gasteiger charge is 2.23. The molecule has 0 spiro atoms. The van der Waals surface area contributed by atoms with Gasteiger partial charge >= 0.3 is 0 Å². The van der Waals surface area contributed by atoms with Crippen molar-refractivity contribution in [1.82, 2.24) is 0 Å². The Balaban J connectivity index is 2.65. The standard InChI is InChI=1S/C24H33IO2/c1-9-26-23-14(3)11-20(16(5)18(23)7)22(13-25)21-12-15(4)24(27-10-2)19(8)17(21)6/h11-12,22H,9-10,13H2,1-8H3. The third-order valence-electron chi connectivity index (χ3n) is 5.62. The molecule has 0 atom stereocenters. The Hall–Kier alpha value is -1.23. The highest BCUT2D eigenvalue weighted by Crippen LogP contribution is 2.40. The largest absolute Gasteiger partial charge is 0.493 e. The zero-order valence-electron chi connectivity index (χ0n) is 18.0. The summed E-state index contributed by atoms with van der Waals surface area (Å²) in [6.07, 6.45) is 0. The number of aryl methyl sites for hydroxylation is 2. The van der Waals surface area contributed by atoms with E-state index in [0.717, 1.165) is 15.9 Å². The maximum Gasteiger partial charge on any atom is 0.125 e. The molecule has 0 aliphatic carbocycles. The van der Waals surface area contributed by atoms with E-state index in [-0.39, 0.29) is 0 Å². The molecule has 0 aliphatic heterocycles. The van der Waals surface area contributed by atoms with Gasteiger partial charge in [-0.3, -0.25) is 0 Å². The number of hydrogen-bond acceptors (Lipinski definition) is 2. The van der Waals surface area contributed by atoms with Crippen molar-refractivity contribution in [2.45, 2.75) is 61.3 Å². The molecule has 0 saturated carbocycles. The Labute approximate surface area is 178 Å². The van der Waals surface area contributed by atoms with Crippen LogP contribution in [0.3, 0.4) is 0 Å². The number of ether oxygens (including phenoxy) is 2. The molecule has 3 heteroatoms. The van der Waals surface area contributed by atoms with Gasteiger partial charge < -0.3 is 9.47 Å². The van der Waals surface area contributed by atoms with Gasteiger partial charge in [0.15, 0.2) is 0 Å². The van der Waals surface area contributed by atoms with Crippen molar-refractivity contribution in [3.8, 4) is 11.5 Å². The predicted octanol–water partition coefficient (Wildman–Crippen LogP) is 6.90. The SMILES string of the molecule is CCOc1c(C)cc(C(CI)c2cc(C)c(OCC)c(C)c2C)c(C)c1C. The van der Waals surface area contributed by atoms with E-state index in [9.17, 15) is 0 Å². The summed E-state index contributed by atoms with van der Waals surface area (Å²) in [5.74, 6) is 2.45. The van der Waals surface area contributed by atoms with E-state index in [4.69, 9.17) is 9.47 Å². The first-order valence-corrected chi connectivity index (χ1v) is 11.3. The van der Waals surface area contributed by atoms with Crippen molar-refractivity contribution < 1.29 is 9.47 Å². The third-order valence-corrected chi connectivity index (χ3v) is 6.50. The summed E-state index contributed by atoms with van der Waals surface area (Å²) < 4.78 is 12.9. The molecular formula is C24H33IO2. The first-order chi connectivity index (χ1) is 12.8. The molecule has 27 heavy (non-hydrogen) atoms. The van der Waals surface area contributed by atoms with Crippen molar-refractivity contribution in [2.24, 2.45) is 0 Å². The van der Waals surface area contributed by atoms with Gasteiger partial charge in [-0.1, -0.05) is 34.7 Å². The number of rotatable bonds is 7. The fourth-order valence-electron chi connectivity index (χ4n) is 3.97. The van der Waals surface area contributed by atoms with E-state index in [1.54, 1.807) is 0 Å². The molecule has 148 valence electrons. The number of alkyl halides is 1. The number of benzene rings is 2. The molecule has 0 saturated heterocycles. The maximum atomic E-state index is 5.91. The third kappa shape index (κ3) is 4.28. The molecule has 0 aromatic heterocycles. The lowest BCUT2D eigenvalue weighted by molar-refractivity contribution is 0.335. The minimum absolute atomic E-state index is 0.367. The van der Waals surface area contributed by atoms with Gasteiger partial charge in [0, 0.05) is 10.3 Å². The molecule has 0 N–H and O–H groups in total. The summed E-state index contributed by atoms with van der Waals surface area (Å²) in [6, 6.07) is 4.66. The minimum Gasteiger partial charge on any atom is -0.493 e. The van der Waals surface area contributed by atoms with Crippen LogP contribution in [-0.2, 0) is 0 Å². The zero-order chi connectivity index (χ0) is 20.3. The Morgan fingerprint density at radius 2 is 1.07 bits per heavy atom. The van der Waals surface area contributed by atoms with Crippen molar-refractivity contribution in [3.63, 3.8) is 0 Å². The fraction of sp³-hybridized carbons (Fsp3) is 0.500. The topological polar surface area (TPSA) is 18.5 Å². The lowest BCUT2D eigenvalue weighted by atomic mass is 9.83. The van der Waals surface area contributed by atoms with E-state index in [0.29, 0.717) is 19.1 Å². The van der Waals surface area contributed by atoms with Gasteiger partial charge in [0.1, 0.15) is 11.5 Å². The van der Waals surface area contributed by atoms with Crippen molar-refractivity contribution >= 4 is 22.6 Å². The fourth-order valence-corrected chi connectivity index (χ4v) is 4.92. The first kappa shape index (κ1) is 22.1. The smallest absolute Gasteiger partial charge is 0.125 e. The Kier molecular flexibility index (Phi) is 7.61. The molecule has 0 fully saturated rings. The normalized spacial score (nSPS) is 11.2. The summed E-state index contributed by atoms with van der Waals surface area (Å²) in [6.45, 7) is 18.6. The minimum atomic E-state index is 0.367. The quantitative estimate of drug-likeness (QED) is 0.317. The van der Waals surface area contributed by atoms with Crippen LogP contribution in [-0.4, -0.2) is 17.6 Å². The number of hydrogen-bond donors (Lipinski definition) is 0. The van der Waals surface area contributed by atoms with Crippen LogP contribution in [0.1, 0.15) is 64.3 Å². The van der Waals surface area contributed by atoms with Gasteiger partial charge in [-0.15, -0.1) is 0 Å². The van der Waals surface area contributed by atoms with E-state index in [2.05, 4.69) is 76.3 Å². The van der Waals surface area contributed by atoms with Crippen LogP contribution < -0.4 is 9.47 Å². The van der Waals surface area contributed by atoms with Gasteiger partial charge in [0.25, 0.3) is 0 Å². The van der Waals surface area contributed by atoms with Gasteiger partial charge in [-0.05, 0) is 99.9 Å². The Bertz CT molecular complexity index is 757. The lowest BCUT2D eigenvalue weighted by Gasteiger charge is -2.26. The summed E-state index contributed by atoms with van der Waals surface area (Å²) >= 11 is 2.52. The molecule has 0 radical (unpaired) electrons. The predicted molar refractivity (Wildman–Crippen MR) is 124 cm³/mol. The van der Waals surface area contributed by atoms with Crippen LogP contribution >= 0.6 is 22.6 Å². The molecule has 2 nitrogen and oxygen atoms in total. The van der Waals surface area contributed by atoms with Gasteiger partial charge in [-0.25, -0.2) is 0 Å². The maximum absolute atomic E-state index is 5.91. The molecule has 0 unspecified atom stereocenters. The van der Waals surface area contributed by atoms with Crippen molar-refractivity contribution in [3.05, 3.63) is 56.6 Å².